The van der Waals surface area contributed by atoms with E-state index < -0.39 is 0 Å². The number of nitrogens with zero attached hydrogens (tertiary/aromatic N) is 4. The molecule has 26 heavy (non-hydrogen) atoms. The lowest BCUT2D eigenvalue weighted by atomic mass is 10.4. The highest BCUT2D eigenvalue weighted by atomic mass is 32.2. The Morgan fingerprint density at radius 2 is 2.23 bits per heavy atom. The number of pyridine rings is 1. The third kappa shape index (κ3) is 5.32. The fourth-order valence-corrected chi connectivity index (χ4v) is 3.07. The number of nitrogen functional groups attached to an aromatic ring is 1. The highest BCUT2D eigenvalue weighted by Gasteiger charge is 2.11. The molecule has 0 atom stereocenters. The molecule has 134 valence electrons. The van der Waals surface area contributed by atoms with Crippen molar-refractivity contribution in [2.75, 3.05) is 16.8 Å². The molecule has 0 unspecified atom stereocenters. The van der Waals surface area contributed by atoms with E-state index in [9.17, 15) is 9.59 Å². The lowest BCUT2D eigenvalue weighted by Gasteiger charge is -2.02. The molecule has 0 saturated carbocycles. The van der Waals surface area contributed by atoms with Crippen molar-refractivity contribution in [2.45, 2.75) is 16.1 Å². The summed E-state index contributed by atoms with van der Waals surface area (Å²) in [6, 6.07) is 4.67. The molecular weight excluding hydrogens is 378 g/mol. The third-order valence-corrected chi connectivity index (χ3v) is 4.47. The molecule has 3 heterocycles. The molecule has 10 nitrogen and oxygen atoms in total. The third-order valence-electron chi connectivity index (χ3n) is 2.79. The summed E-state index contributed by atoms with van der Waals surface area (Å²) >= 11 is 2.32. The fourth-order valence-electron chi connectivity index (χ4n) is 1.77. The zero-order valence-electron chi connectivity index (χ0n) is 13.2. The van der Waals surface area contributed by atoms with Gasteiger partial charge in [-0.05, 0) is 12.1 Å². The molecule has 3 rings (SSSR count). The van der Waals surface area contributed by atoms with E-state index in [1.807, 2.05) is 0 Å². The predicted octanol–water partition coefficient (Wildman–Crippen LogP) is 1.15. The molecule has 12 heteroatoms. The first-order valence-electron chi connectivity index (χ1n) is 7.23. The average molecular weight is 391 g/mol. The lowest BCUT2D eigenvalue weighted by molar-refractivity contribution is -0.113. The molecule has 0 radical (unpaired) electrons. The van der Waals surface area contributed by atoms with Crippen molar-refractivity contribution in [1.29, 1.82) is 0 Å². The normalized spacial score (nSPS) is 10.6. The second-order valence-corrected chi connectivity index (χ2v) is 6.69. The van der Waals surface area contributed by atoms with Gasteiger partial charge < -0.3 is 20.5 Å². The molecule has 0 saturated heterocycles. The van der Waals surface area contributed by atoms with Crippen LogP contribution in [0.3, 0.4) is 0 Å². The van der Waals surface area contributed by atoms with Crippen molar-refractivity contribution < 1.29 is 9.21 Å². The van der Waals surface area contributed by atoms with E-state index in [2.05, 4.69) is 30.5 Å². The van der Waals surface area contributed by atoms with E-state index in [1.54, 1.807) is 24.5 Å². The second-order valence-electron chi connectivity index (χ2n) is 4.80. The number of anilines is 2. The number of carbonyl (C=O) groups is 1. The summed E-state index contributed by atoms with van der Waals surface area (Å²) in [6.07, 6.45) is 3.18. The maximum Gasteiger partial charge on any atom is 0.277 e. The summed E-state index contributed by atoms with van der Waals surface area (Å²) in [5.74, 6) is 0.696. The van der Waals surface area contributed by atoms with Crippen LogP contribution < -0.4 is 16.6 Å². The predicted molar refractivity (Wildman–Crippen MR) is 96.7 cm³/mol. The van der Waals surface area contributed by atoms with Crippen molar-refractivity contribution in [1.82, 2.24) is 25.1 Å². The van der Waals surface area contributed by atoms with E-state index in [0.717, 1.165) is 11.8 Å². The first-order chi connectivity index (χ1) is 12.6. The van der Waals surface area contributed by atoms with Gasteiger partial charge in [0.2, 0.25) is 11.8 Å². The van der Waals surface area contributed by atoms with E-state index in [-0.39, 0.29) is 28.3 Å². The first kappa shape index (κ1) is 17.9. The van der Waals surface area contributed by atoms with Crippen LogP contribution in [0.25, 0.3) is 0 Å². The monoisotopic (exact) mass is 391 g/mol. The summed E-state index contributed by atoms with van der Waals surface area (Å²) in [5, 5.41) is 11.1. The van der Waals surface area contributed by atoms with Gasteiger partial charge in [-0.15, -0.1) is 10.2 Å². The van der Waals surface area contributed by atoms with Gasteiger partial charge in [-0.25, -0.2) is 4.98 Å². The molecule has 0 aliphatic rings. The Morgan fingerprint density at radius 3 is 3.00 bits per heavy atom. The van der Waals surface area contributed by atoms with E-state index in [0.29, 0.717) is 22.5 Å². The zero-order chi connectivity index (χ0) is 18.4. The minimum atomic E-state index is -0.332. The zero-order valence-corrected chi connectivity index (χ0v) is 14.8. The van der Waals surface area contributed by atoms with Crippen molar-refractivity contribution >= 4 is 40.9 Å². The van der Waals surface area contributed by atoms with Crippen molar-refractivity contribution in [3.05, 3.63) is 46.8 Å². The van der Waals surface area contributed by atoms with Gasteiger partial charge in [0.1, 0.15) is 5.82 Å². The number of aromatic amines is 1. The summed E-state index contributed by atoms with van der Waals surface area (Å²) < 4.78 is 5.44. The molecule has 3 aromatic heterocycles. The average Bonchev–Trinajstić information content (AvgIpc) is 3.06. The van der Waals surface area contributed by atoms with Crippen molar-refractivity contribution in [3.8, 4) is 0 Å². The van der Waals surface area contributed by atoms with Crippen LogP contribution >= 0.6 is 23.5 Å². The Labute approximate surface area is 155 Å². The van der Waals surface area contributed by atoms with Crippen LogP contribution in [0, 0.1) is 0 Å². The topological polar surface area (TPSA) is 153 Å². The molecule has 0 aliphatic heterocycles. The number of thioether (sulfide) groups is 2. The Hall–Kier alpha value is -2.86. The van der Waals surface area contributed by atoms with Crippen LogP contribution in [0.5, 0.6) is 0 Å². The quantitative estimate of drug-likeness (QED) is 0.395. The summed E-state index contributed by atoms with van der Waals surface area (Å²) in [5.41, 5.74) is 5.80. The van der Waals surface area contributed by atoms with Crippen molar-refractivity contribution in [2.24, 2.45) is 0 Å². The van der Waals surface area contributed by atoms with Gasteiger partial charge in [-0.3, -0.25) is 14.6 Å². The molecule has 0 spiro atoms. The highest BCUT2D eigenvalue weighted by Crippen LogP contribution is 2.21. The summed E-state index contributed by atoms with van der Waals surface area (Å²) in [4.78, 5) is 33.6. The molecule has 4 N–H and O–H groups in total. The van der Waals surface area contributed by atoms with Crippen LogP contribution in [0.15, 0.2) is 50.2 Å². The number of carbonyl (C=O) groups excluding carboxylic acids is 1. The van der Waals surface area contributed by atoms with Gasteiger partial charge in [0.05, 0.1) is 23.4 Å². The Morgan fingerprint density at radius 1 is 1.35 bits per heavy atom. The number of hydrogen-bond acceptors (Lipinski definition) is 10. The maximum atomic E-state index is 11.9. The smallest absolute Gasteiger partial charge is 0.277 e. The molecule has 1 amide bonds. The fraction of sp³-hybridized carbons (Fsp3) is 0.143. The van der Waals surface area contributed by atoms with Crippen LogP contribution in [0.1, 0.15) is 5.89 Å². The van der Waals surface area contributed by atoms with E-state index in [1.165, 1.54) is 17.8 Å². The lowest BCUT2D eigenvalue weighted by Crippen LogP contribution is -2.13. The standard InChI is InChI=1S/C14H13N7O3S2/c15-9-4-10(22)19-13(18-9)25-7-12-20-21-14(24-12)26-6-11(23)17-8-2-1-3-16-5-8/h1-5H,6-7H2,(H,17,23)(H3,15,18,19,22). The number of hydrogen-bond donors (Lipinski definition) is 3. The second kappa shape index (κ2) is 8.49. The highest BCUT2D eigenvalue weighted by molar-refractivity contribution is 7.99. The Bertz CT molecular complexity index is 945. The van der Waals surface area contributed by atoms with Crippen LogP contribution in [-0.2, 0) is 10.5 Å². The summed E-state index contributed by atoms with van der Waals surface area (Å²) in [6.45, 7) is 0. The number of amides is 1. The minimum Gasteiger partial charge on any atom is -0.415 e. The number of aromatic nitrogens is 5. The van der Waals surface area contributed by atoms with Crippen LogP contribution in [-0.4, -0.2) is 36.8 Å². The SMILES string of the molecule is Nc1cc(=O)[nH]c(SCc2nnc(SCC(=O)Nc3cccnc3)o2)n1. The van der Waals surface area contributed by atoms with Gasteiger partial charge in [0.15, 0.2) is 5.16 Å². The molecular formula is C14H13N7O3S2. The molecule has 0 fully saturated rings. The Kier molecular flexibility index (Phi) is 5.86. The maximum absolute atomic E-state index is 11.9. The number of nitrogens with one attached hydrogen (secondary N) is 2. The largest absolute Gasteiger partial charge is 0.415 e. The molecule has 0 bridgehead atoms. The van der Waals surface area contributed by atoms with E-state index >= 15 is 0 Å². The number of nitrogens with two attached hydrogens (primary N) is 1. The Balaban J connectivity index is 1.48. The number of rotatable bonds is 7. The van der Waals surface area contributed by atoms with Gasteiger partial charge in [0.25, 0.3) is 10.8 Å². The van der Waals surface area contributed by atoms with Gasteiger partial charge in [-0.2, -0.15) is 0 Å². The van der Waals surface area contributed by atoms with E-state index in [4.69, 9.17) is 10.2 Å². The summed E-state index contributed by atoms with van der Waals surface area (Å²) in [7, 11) is 0. The minimum absolute atomic E-state index is 0.119. The van der Waals surface area contributed by atoms with Gasteiger partial charge in [0, 0.05) is 12.3 Å². The first-order valence-corrected chi connectivity index (χ1v) is 9.20. The number of H-pyrrole nitrogens is 1. The van der Waals surface area contributed by atoms with Crippen LogP contribution in [0.4, 0.5) is 11.5 Å². The molecule has 0 aromatic carbocycles. The van der Waals surface area contributed by atoms with Crippen molar-refractivity contribution in [3.63, 3.8) is 0 Å². The molecule has 0 aliphatic carbocycles. The molecule has 3 aromatic rings. The van der Waals surface area contributed by atoms with Gasteiger partial charge in [-0.1, -0.05) is 23.5 Å². The van der Waals surface area contributed by atoms with Crippen LogP contribution in [0.2, 0.25) is 0 Å². The van der Waals surface area contributed by atoms with Gasteiger partial charge >= 0.3 is 0 Å².